The predicted octanol–water partition coefficient (Wildman–Crippen LogP) is 1.97. The van der Waals surface area contributed by atoms with Gasteiger partial charge in [0.2, 0.25) is 0 Å². The molecule has 6 heteroatoms. The number of H-pyrrole nitrogens is 1. The highest BCUT2D eigenvalue weighted by molar-refractivity contribution is 7.89. The molecular weight excluding hydrogens is 250 g/mol. The van der Waals surface area contributed by atoms with Gasteiger partial charge in [-0.3, -0.25) is 0 Å². The summed E-state index contributed by atoms with van der Waals surface area (Å²) in [6.45, 7) is 3.91. The molecule has 102 valence electrons. The molecule has 0 bridgehead atoms. The maximum absolute atomic E-state index is 12.1. The summed E-state index contributed by atoms with van der Waals surface area (Å²) < 4.78 is 27.0. The van der Waals surface area contributed by atoms with Crippen molar-refractivity contribution in [2.75, 3.05) is 0 Å². The summed E-state index contributed by atoms with van der Waals surface area (Å²) in [4.78, 5) is 6.70. The van der Waals surface area contributed by atoms with Gasteiger partial charge in [-0.05, 0) is 25.7 Å². The Labute approximate surface area is 108 Å². The lowest BCUT2D eigenvalue weighted by atomic mass is 9.85. The van der Waals surface area contributed by atoms with Crippen molar-refractivity contribution in [1.29, 1.82) is 0 Å². The molecule has 2 N–H and O–H groups in total. The first kappa shape index (κ1) is 13.5. The molecule has 1 fully saturated rings. The van der Waals surface area contributed by atoms with Crippen LogP contribution in [0, 0.1) is 12.8 Å². The van der Waals surface area contributed by atoms with Crippen LogP contribution in [0.15, 0.2) is 11.2 Å². The first-order chi connectivity index (χ1) is 8.51. The second kappa shape index (κ2) is 5.40. The van der Waals surface area contributed by atoms with Gasteiger partial charge in [0.1, 0.15) is 5.82 Å². The molecule has 1 aromatic rings. The highest BCUT2D eigenvalue weighted by Gasteiger charge is 2.26. The molecule has 2 atom stereocenters. The highest BCUT2D eigenvalue weighted by Crippen LogP contribution is 2.27. The summed E-state index contributed by atoms with van der Waals surface area (Å²) in [5.41, 5.74) is 0. The van der Waals surface area contributed by atoms with Gasteiger partial charge in [-0.1, -0.05) is 26.2 Å². The molecule has 1 aliphatic carbocycles. The molecule has 2 rings (SSSR count). The fourth-order valence-corrected chi connectivity index (χ4v) is 3.84. The van der Waals surface area contributed by atoms with Crippen LogP contribution in [0.5, 0.6) is 0 Å². The Kier molecular flexibility index (Phi) is 4.07. The Morgan fingerprint density at radius 1 is 1.50 bits per heavy atom. The molecule has 0 amide bonds. The van der Waals surface area contributed by atoms with E-state index in [-0.39, 0.29) is 11.1 Å². The van der Waals surface area contributed by atoms with Crippen molar-refractivity contribution >= 4 is 10.0 Å². The van der Waals surface area contributed by atoms with E-state index in [2.05, 4.69) is 21.6 Å². The molecule has 18 heavy (non-hydrogen) atoms. The summed E-state index contributed by atoms with van der Waals surface area (Å²) in [5, 5.41) is 0.165. The minimum atomic E-state index is -3.44. The number of aryl methyl sites for hydroxylation is 1. The zero-order chi connectivity index (χ0) is 13.2. The van der Waals surface area contributed by atoms with Gasteiger partial charge >= 0.3 is 0 Å². The number of imidazole rings is 1. The standard InChI is InChI=1S/C12H21N3O2S/c1-3-10-5-4-6-11(7-10)15-18(16,17)12-8-13-9(2)14-12/h8,10-11,15H,3-7H2,1-2H3,(H,13,14). The van der Waals surface area contributed by atoms with Gasteiger partial charge in [-0.25, -0.2) is 18.1 Å². The molecule has 0 saturated heterocycles. The van der Waals surface area contributed by atoms with E-state index < -0.39 is 10.0 Å². The Morgan fingerprint density at radius 3 is 2.89 bits per heavy atom. The second-order valence-electron chi connectivity index (χ2n) is 5.09. The van der Waals surface area contributed by atoms with E-state index in [1.807, 2.05) is 0 Å². The lowest BCUT2D eigenvalue weighted by Gasteiger charge is -2.28. The fraction of sp³-hybridized carbons (Fsp3) is 0.750. The van der Waals surface area contributed by atoms with Crippen molar-refractivity contribution < 1.29 is 8.42 Å². The zero-order valence-corrected chi connectivity index (χ0v) is 11.8. The van der Waals surface area contributed by atoms with Crippen LogP contribution in [0.1, 0.15) is 44.9 Å². The molecule has 0 radical (unpaired) electrons. The summed E-state index contributed by atoms with van der Waals surface area (Å²) in [5.74, 6) is 1.26. The minimum absolute atomic E-state index is 0.0670. The molecule has 1 aromatic heterocycles. The lowest BCUT2D eigenvalue weighted by molar-refractivity contribution is 0.301. The minimum Gasteiger partial charge on any atom is -0.332 e. The molecule has 1 saturated carbocycles. The summed E-state index contributed by atoms with van der Waals surface area (Å²) in [7, 11) is -3.44. The number of aromatic amines is 1. The van der Waals surface area contributed by atoms with Gasteiger partial charge in [-0.2, -0.15) is 0 Å². The molecule has 2 unspecified atom stereocenters. The van der Waals surface area contributed by atoms with Gasteiger partial charge in [-0.15, -0.1) is 0 Å². The van der Waals surface area contributed by atoms with Crippen LogP contribution in [0.25, 0.3) is 0 Å². The molecular formula is C12H21N3O2S. The number of rotatable bonds is 4. The van der Waals surface area contributed by atoms with Crippen molar-refractivity contribution in [3.63, 3.8) is 0 Å². The Hall–Kier alpha value is -0.880. The highest BCUT2D eigenvalue weighted by atomic mass is 32.2. The topological polar surface area (TPSA) is 74.8 Å². The normalized spacial score (nSPS) is 25.2. The van der Waals surface area contributed by atoms with Crippen LogP contribution in [0.4, 0.5) is 0 Å². The summed E-state index contributed by atoms with van der Waals surface area (Å²) in [6.07, 6.45) is 6.70. The van der Waals surface area contributed by atoms with Gasteiger partial charge in [0.25, 0.3) is 10.0 Å². The average molecular weight is 271 g/mol. The molecule has 0 spiro atoms. The van der Waals surface area contributed by atoms with E-state index in [1.165, 1.54) is 12.6 Å². The van der Waals surface area contributed by atoms with Gasteiger partial charge in [0.05, 0.1) is 6.20 Å². The number of aromatic nitrogens is 2. The maximum Gasteiger partial charge on any atom is 0.257 e. The first-order valence-electron chi connectivity index (χ1n) is 6.55. The zero-order valence-electron chi connectivity index (χ0n) is 10.9. The number of sulfonamides is 1. The number of hydrogen-bond donors (Lipinski definition) is 2. The summed E-state index contributed by atoms with van der Waals surface area (Å²) >= 11 is 0. The first-order valence-corrected chi connectivity index (χ1v) is 8.03. The van der Waals surface area contributed by atoms with E-state index in [9.17, 15) is 8.42 Å². The number of nitrogens with one attached hydrogen (secondary N) is 2. The third-order valence-corrected chi connectivity index (χ3v) is 5.08. The number of hydrogen-bond acceptors (Lipinski definition) is 3. The van der Waals surface area contributed by atoms with Gasteiger partial charge in [0, 0.05) is 6.04 Å². The second-order valence-corrected chi connectivity index (χ2v) is 6.77. The fourth-order valence-electron chi connectivity index (χ4n) is 2.59. The Bertz CT molecular complexity index is 495. The SMILES string of the molecule is CCC1CCCC(NS(=O)(=O)c2cnc(C)[nH]2)C1. The molecule has 5 nitrogen and oxygen atoms in total. The maximum atomic E-state index is 12.1. The van der Waals surface area contributed by atoms with E-state index in [0.717, 1.165) is 25.7 Å². The predicted molar refractivity (Wildman–Crippen MR) is 69.7 cm³/mol. The third kappa shape index (κ3) is 3.11. The van der Waals surface area contributed by atoms with Crippen LogP contribution >= 0.6 is 0 Å². The van der Waals surface area contributed by atoms with Crippen LogP contribution in [0.2, 0.25) is 0 Å². The van der Waals surface area contributed by atoms with Crippen molar-refractivity contribution in [3.05, 3.63) is 12.0 Å². The molecule has 1 aliphatic rings. The quantitative estimate of drug-likeness (QED) is 0.879. The molecule has 0 aromatic carbocycles. The van der Waals surface area contributed by atoms with Gasteiger partial charge in [0.15, 0.2) is 5.03 Å². The van der Waals surface area contributed by atoms with Crippen LogP contribution in [-0.2, 0) is 10.0 Å². The van der Waals surface area contributed by atoms with Crippen LogP contribution in [-0.4, -0.2) is 24.4 Å². The van der Waals surface area contributed by atoms with E-state index in [1.54, 1.807) is 6.92 Å². The van der Waals surface area contributed by atoms with Crippen molar-refractivity contribution in [1.82, 2.24) is 14.7 Å². The van der Waals surface area contributed by atoms with E-state index in [4.69, 9.17) is 0 Å². The van der Waals surface area contributed by atoms with Crippen molar-refractivity contribution in [2.24, 2.45) is 5.92 Å². The lowest BCUT2D eigenvalue weighted by Crippen LogP contribution is -2.38. The van der Waals surface area contributed by atoms with Crippen LogP contribution in [0.3, 0.4) is 0 Å². The monoisotopic (exact) mass is 271 g/mol. The smallest absolute Gasteiger partial charge is 0.257 e. The van der Waals surface area contributed by atoms with E-state index in [0.29, 0.717) is 11.7 Å². The average Bonchev–Trinajstić information content (AvgIpc) is 2.76. The third-order valence-electron chi connectivity index (χ3n) is 3.65. The van der Waals surface area contributed by atoms with Gasteiger partial charge < -0.3 is 4.98 Å². The van der Waals surface area contributed by atoms with E-state index >= 15 is 0 Å². The largest absolute Gasteiger partial charge is 0.332 e. The van der Waals surface area contributed by atoms with Crippen molar-refractivity contribution in [3.8, 4) is 0 Å². The van der Waals surface area contributed by atoms with Crippen LogP contribution < -0.4 is 4.72 Å². The molecule has 0 aliphatic heterocycles. The molecule has 1 heterocycles. The Morgan fingerprint density at radius 2 is 2.28 bits per heavy atom. The van der Waals surface area contributed by atoms with Crippen molar-refractivity contribution in [2.45, 2.75) is 57.0 Å². The summed E-state index contributed by atoms with van der Waals surface area (Å²) in [6, 6.07) is 0.0670. The Balaban J connectivity index is 2.04. The number of nitrogens with zero attached hydrogens (tertiary/aromatic N) is 1.